The van der Waals surface area contributed by atoms with Gasteiger partial charge in [-0.15, -0.1) is 22.7 Å². The van der Waals surface area contributed by atoms with Crippen molar-refractivity contribution in [1.82, 2.24) is 5.32 Å². The average molecular weight is 365 g/mol. The fraction of sp³-hybridized carbons (Fsp3) is 0.385. The van der Waals surface area contributed by atoms with E-state index in [-0.39, 0.29) is 0 Å². The molecule has 1 atom stereocenters. The van der Waals surface area contributed by atoms with E-state index in [0.717, 1.165) is 18.0 Å². The molecule has 18 heavy (non-hydrogen) atoms. The van der Waals surface area contributed by atoms with E-state index in [1.807, 2.05) is 0 Å². The summed E-state index contributed by atoms with van der Waals surface area (Å²) < 4.78 is 1.18. The molecule has 1 nitrogen and oxygen atoms in total. The van der Waals surface area contributed by atoms with Crippen LogP contribution in [0.4, 0.5) is 0 Å². The van der Waals surface area contributed by atoms with Crippen molar-refractivity contribution < 1.29 is 0 Å². The minimum atomic E-state index is 0.312. The highest BCUT2D eigenvalue weighted by atomic mass is 79.9. The molecule has 1 unspecified atom stereocenters. The third kappa shape index (κ3) is 3.36. The Morgan fingerprint density at radius 3 is 2.72 bits per heavy atom. The van der Waals surface area contributed by atoms with Crippen molar-refractivity contribution in [3.8, 4) is 0 Å². The number of nitrogens with one attached hydrogen (secondary N) is 1. The van der Waals surface area contributed by atoms with Gasteiger partial charge in [0.15, 0.2) is 0 Å². The van der Waals surface area contributed by atoms with E-state index in [1.165, 1.54) is 19.1 Å². The van der Waals surface area contributed by atoms with E-state index in [2.05, 4.69) is 52.6 Å². The van der Waals surface area contributed by atoms with Crippen LogP contribution in [-0.2, 0) is 6.42 Å². The van der Waals surface area contributed by atoms with Gasteiger partial charge in [0.1, 0.15) is 0 Å². The number of likely N-dealkylation sites (N-methyl/N-ethyl adjacent to an activating group) is 1. The second-order valence-electron chi connectivity index (χ2n) is 4.12. The lowest BCUT2D eigenvalue weighted by molar-refractivity contribution is 0.562. The van der Waals surface area contributed by atoms with E-state index >= 15 is 0 Å². The Bertz CT molecular complexity index is 521. The van der Waals surface area contributed by atoms with Crippen molar-refractivity contribution >= 4 is 50.2 Å². The van der Waals surface area contributed by atoms with E-state index in [9.17, 15) is 0 Å². The second kappa shape index (κ2) is 6.53. The fourth-order valence-corrected chi connectivity index (χ4v) is 4.78. The molecule has 0 bridgehead atoms. The molecular formula is C13H15BrClNS2. The van der Waals surface area contributed by atoms with Crippen LogP contribution in [0.15, 0.2) is 21.3 Å². The zero-order valence-electron chi connectivity index (χ0n) is 10.3. The molecule has 2 heterocycles. The molecule has 0 saturated heterocycles. The molecule has 2 rings (SSSR count). The van der Waals surface area contributed by atoms with Crippen LogP contribution in [0.2, 0.25) is 5.02 Å². The van der Waals surface area contributed by atoms with Crippen LogP contribution >= 0.6 is 50.2 Å². The van der Waals surface area contributed by atoms with Gasteiger partial charge in [-0.2, -0.15) is 0 Å². The molecule has 0 amide bonds. The Labute approximate surface area is 129 Å². The van der Waals surface area contributed by atoms with Gasteiger partial charge in [0.05, 0.1) is 8.81 Å². The summed E-state index contributed by atoms with van der Waals surface area (Å²) in [5, 5.41) is 6.58. The van der Waals surface area contributed by atoms with Gasteiger partial charge >= 0.3 is 0 Å². The SMILES string of the molecule is CCNC(Cc1ccc(Br)s1)c1scc(C)c1Cl. The second-order valence-corrected chi connectivity index (χ2v) is 7.95. The quantitative estimate of drug-likeness (QED) is 0.746. The van der Waals surface area contributed by atoms with E-state index in [4.69, 9.17) is 11.6 Å². The Morgan fingerprint density at radius 1 is 1.44 bits per heavy atom. The summed E-state index contributed by atoms with van der Waals surface area (Å²) in [5.41, 5.74) is 1.17. The monoisotopic (exact) mass is 363 g/mol. The van der Waals surface area contributed by atoms with E-state index in [1.54, 1.807) is 22.7 Å². The molecule has 0 aromatic carbocycles. The van der Waals surface area contributed by atoms with E-state index < -0.39 is 0 Å². The minimum absolute atomic E-state index is 0.312. The van der Waals surface area contributed by atoms with Gasteiger partial charge in [0.2, 0.25) is 0 Å². The lowest BCUT2D eigenvalue weighted by Gasteiger charge is -2.16. The topological polar surface area (TPSA) is 12.0 Å². The summed E-state index contributed by atoms with van der Waals surface area (Å²) in [6, 6.07) is 4.59. The van der Waals surface area contributed by atoms with Crippen LogP contribution in [0.1, 0.15) is 28.3 Å². The lowest BCUT2D eigenvalue weighted by Crippen LogP contribution is -2.22. The average Bonchev–Trinajstić information content (AvgIpc) is 2.87. The van der Waals surface area contributed by atoms with Gasteiger partial charge in [0, 0.05) is 22.2 Å². The number of aryl methyl sites for hydroxylation is 1. The van der Waals surface area contributed by atoms with Crippen molar-refractivity contribution in [2.24, 2.45) is 0 Å². The van der Waals surface area contributed by atoms with Crippen LogP contribution in [0, 0.1) is 6.92 Å². The first-order valence-electron chi connectivity index (χ1n) is 5.83. The molecule has 0 spiro atoms. The highest BCUT2D eigenvalue weighted by molar-refractivity contribution is 9.11. The molecule has 0 aliphatic heterocycles. The Kier molecular flexibility index (Phi) is 5.27. The summed E-state index contributed by atoms with van der Waals surface area (Å²) in [6.45, 7) is 5.14. The number of hydrogen-bond acceptors (Lipinski definition) is 3. The fourth-order valence-electron chi connectivity index (χ4n) is 1.85. The van der Waals surface area contributed by atoms with Gasteiger partial charge < -0.3 is 5.32 Å². The smallest absolute Gasteiger partial charge is 0.0701 e. The summed E-state index contributed by atoms with van der Waals surface area (Å²) in [7, 11) is 0. The zero-order chi connectivity index (χ0) is 13.1. The highest BCUT2D eigenvalue weighted by Crippen LogP contribution is 2.35. The number of rotatable bonds is 5. The van der Waals surface area contributed by atoms with Gasteiger partial charge in [-0.3, -0.25) is 0 Å². The third-order valence-electron chi connectivity index (χ3n) is 2.73. The maximum atomic E-state index is 6.38. The van der Waals surface area contributed by atoms with Crippen LogP contribution in [0.5, 0.6) is 0 Å². The Morgan fingerprint density at radius 2 is 2.22 bits per heavy atom. The molecule has 0 saturated carbocycles. The summed E-state index contributed by atoms with van der Waals surface area (Å²) >= 11 is 13.4. The van der Waals surface area contributed by atoms with Crippen molar-refractivity contribution in [3.05, 3.63) is 41.6 Å². The molecule has 0 radical (unpaired) electrons. The molecule has 1 N–H and O–H groups in total. The normalized spacial score (nSPS) is 12.9. The molecule has 0 aliphatic rings. The molecule has 0 aliphatic carbocycles. The van der Waals surface area contributed by atoms with Crippen LogP contribution in [-0.4, -0.2) is 6.54 Å². The van der Waals surface area contributed by atoms with Crippen LogP contribution in [0.25, 0.3) is 0 Å². The first kappa shape index (κ1) is 14.5. The van der Waals surface area contributed by atoms with Gasteiger partial charge in [-0.25, -0.2) is 0 Å². The maximum Gasteiger partial charge on any atom is 0.0701 e. The number of hydrogen-bond donors (Lipinski definition) is 1. The van der Waals surface area contributed by atoms with Crippen molar-refractivity contribution in [2.45, 2.75) is 26.3 Å². The molecule has 2 aromatic rings. The Hall–Kier alpha value is 0.130. The number of thiophene rings is 2. The predicted molar refractivity (Wildman–Crippen MR) is 86.2 cm³/mol. The molecule has 0 fully saturated rings. The summed E-state index contributed by atoms with van der Waals surface area (Å²) in [5.74, 6) is 0. The van der Waals surface area contributed by atoms with Crippen molar-refractivity contribution in [3.63, 3.8) is 0 Å². The van der Waals surface area contributed by atoms with Crippen molar-refractivity contribution in [1.29, 1.82) is 0 Å². The highest BCUT2D eigenvalue weighted by Gasteiger charge is 2.18. The first-order valence-corrected chi connectivity index (χ1v) is 8.69. The Balaban J connectivity index is 2.20. The number of halogens is 2. The molecule has 5 heteroatoms. The van der Waals surface area contributed by atoms with Crippen LogP contribution in [0.3, 0.4) is 0 Å². The van der Waals surface area contributed by atoms with Gasteiger partial charge in [-0.1, -0.05) is 18.5 Å². The molecule has 2 aromatic heterocycles. The predicted octanol–water partition coefficient (Wildman–Crippen LogP) is 5.43. The summed E-state index contributed by atoms with van der Waals surface area (Å²) in [4.78, 5) is 2.62. The third-order valence-corrected chi connectivity index (χ3v) is 6.20. The molecule has 98 valence electrons. The van der Waals surface area contributed by atoms with Gasteiger partial charge in [-0.05, 0) is 52.5 Å². The van der Waals surface area contributed by atoms with Crippen LogP contribution < -0.4 is 5.32 Å². The first-order chi connectivity index (χ1) is 8.61. The standard InChI is InChI=1S/C13H15BrClNS2/c1-3-16-10(6-9-4-5-11(14)18-9)13-12(15)8(2)7-17-13/h4-5,7,10,16H,3,6H2,1-2H3. The van der Waals surface area contributed by atoms with Gasteiger partial charge in [0.25, 0.3) is 0 Å². The van der Waals surface area contributed by atoms with Crippen molar-refractivity contribution in [2.75, 3.05) is 6.54 Å². The summed E-state index contributed by atoms with van der Waals surface area (Å²) in [6.07, 6.45) is 0.990. The van der Waals surface area contributed by atoms with E-state index in [0.29, 0.717) is 6.04 Å². The molecular weight excluding hydrogens is 350 g/mol. The largest absolute Gasteiger partial charge is 0.309 e. The minimum Gasteiger partial charge on any atom is -0.309 e. The lowest BCUT2D eigenvalue weighted by atomic mass is 10.1. The maximum absolute atomic E-state index is 6.38. The zero-order valence-corrected chi connectivity index (χ0v) is 14.3.